The summed E-state index contributed by atoms with van der Waals surface area (Å²) in [7, 11) is 3.29. The highest BCUT2D eigenvalue weighted by molar-refractivity contribution is 8.76. The lowest BCUT2D eigenvalue weighted by Crippen LogP contribution is -1.90. The number of pyridine rings is 1. The fraction of sp³-hybridized carbons (Fsp3) is 0.154. The van der Waals surface area contributed by atoms with Gasteiger partial charge in [-0.1, -0.05) is 29.0 Å². The average Bonchev–Trinajstić information content (AvgIpc) is 2.46. The average molecular weight is 292 g/mol. The molecule has 19 heavy (non-hydrogen) atoms. The molecule has 98 valence electrons. The molecule has 2 rings (SSSR count). The summed E-state index contributed by atoms with van der Waals surface area (Å²) in [5, 5.41) is 11.8. The van der Waals surface area contributed by atoms with Crippen molar-refractivity contribution in [3.8, 4) is 0 Å². The summed E-state index contributed by atoms with van der Waals surface area (Å²) >= 11 is 0. The topological polar surface area (TPSA) is 56.0 Å². The third-order valence-corrected chi connectivity index (χ3v) is 5.23. The Balaban J connectivity index is 1.96. The number of hydrogen-bond acceptors (Lipinski definition) is 5. The Morgan fingerprint density at radius 2 is 1.95 bits per heavy atom. The lowest BCUT2D eigenvalue weighted by atomic mass is 10.1. The van der Waals surface area contributed by atoms with Crippen molar-refractivity contribution in [1.82, 2.24) is 4.98 Å². The summed E-state index contributed by atoms with van der Waals surface area (Å²) in [6.45, 7) is 2.07. The zero-order valence-corrected chi connectivity index (χ0v) is 11.9. The second kappa shape index (κ2) is 6.58. The molecule has 0 bridgehead atoms. The molecule has 1 heterocycles. The Labute approximate surface area is 119 Å². The summed E-state index contributed by atoms with van der Waals surface area (Å²) < 4.78 is 0. The van der Waals surface area contributed by atoms with E-state index in [2.05, 4.69) is 11.9 Å². The van der Waals surface area contributed by atoms with Crippen molar-refractivity contribution in [1.29, 1.82) is 0 Å². The van der Waals surface area contributed by atoms with Gasteiger partial charge in [0, 0.05) is 23.6 Å². The lowest BCUT2D eigenvalue weighted by molar-refractivity contribution is -0.384. The van der Waals surface area contributed by atoms with E-state index in [0.29, 0.717) is 0 Å². The highest BCUT2D eigenvalue weighted by Gasteiger charge is 2.10. The maximum Gasteiger partial charge on any atom is 0.269 e. The van der Waals surface area contributed by atoms with Gasteiger partial charge in [0.1, 0.15) is 5.03 Å². The van der Waals surface area contributed by atoms with Crippen molar-refractivity contribution in [2.75, 3.05) is 0 Å². The molecule has 0 fully saturated rings. The number of nitrogens with zero attached hydrogens (tertiary/aromatic N) is 2. The van der Waals surface area contributed by atoms with Gasteiger partial charge in [-0.15, -0.1) is 0 Å². The molecule has 0 saturated heterocycles. The first-order valence-corrected chi connectivity index (χ1v) is 7.87. The quantitative estimate of drug-likeness (QED) is 0.461. The molecule has 1 aromatic carbocycles. The van der Waals surface area contributed by atoms with Crippen LogP contribution in [0.3, 0.4) is 0 Å². The molecule has 2 aromatic rings. The van der Waals surface area contributed by atoms with Crippen LogP contribution in [0.15, 0.2) is 53.7 Å². The van der Waals surface area contributed by atoms with Gasteiger partial charge >= 0.3 is 0 Å². The van der Waals surface area contributed by atoms with Crippen LogP contribution >= 0.6 is 21.6 Å². The van der Waals surface area contributed by atoms with Crippen molar-refractivity contribution < 1.29 is 4.92 Å². The largest absolute Gasteiger partial charge is 0.269 e. The summed E-state index contributed by atoms with van der Waals surface area (Å²) in [4.78, 5) is 14.4. The number of benzene rings is 1. The summed E-state index contributed by atoms with van der Waals surface area (Å²) in [6.07, 6.45) is 1.76. The van der Waals surface area contributed by atoms with E-state index < -0.39 is 0 Å². The number of hydrogen-bond donors (Lipinski definition) is 0. The smallest absolute Gasteiger partial charge is 0.258 e. The molecule has 1 unspecified atom stereocenters. The van der Waals surface area contributed by atoms with Crippen LogP contribution in [0.1, 0.15) is 17.7 Å². The summed E-state index contributed by atoms with van der Waals surface area (Å²) in [5.74, 6) is 0. The molecule has 0 saturated carbocycles. The van der Waals surface area contributed by atoms with Gasteiger partial charge in [0.2, 0.25) is 0 Å². The van der Waals surface area contributed by atoms with E-state index in [1.807, 2.05) is 18.2 Å². The predicted molar refractivity (Wildman–Crippen MR) is 79.2 cm³/mol. The van der Waals surface area contributed by atoms with Crippen LogP contribution in [-0.2, 0) is 0 Å². The zero-order chi connectivity index (χ0) is 13.7. The van der Waals surface area contributed by atoms with Gasteiger partial charge in [0.25, 0.3) is 5.69 Å². The fourth-order valence-corrected chi connectivity index (χ4v) is 3.55. The highest BCUT2D eigenvalue weighted by Crippen LogP contribution is 2.41. The first kappa shape index (κ1) is 13.9. The molecule has 0 aliphatic rings. The van der Waals surface area contributed by atoms with Gasteiger partial charge in [0.05, 0.1) is 4.92 Å². The van der Waals surface area contributed by atoms with Crippen molar-refractivity contribution in [2.45, 2.75) is 17.2 Å². The second-order valence-electron chi connectivity index (χ2n) is 3.84. The molecule has 1 aromatic heterocycles. The molecule has 0 aliphatic carbocycles. The molecule has 0 N–H and O–H groups in total. The second-order valence-corrected chi connectivity index (χ2v) is 6.40. The van der Waals surface area contributed by atoms with E-state index in [-0.39, 0.29) is 15.9 Å². The molecular weight excluding hydrogens is 280 g/mol. The number of nitro groups is 1. The van der Waals surface area contributed by atoms with Gasteiger partial charge in [0.15, 0.2) is 0 Å². The summed E-state index contributed by atoms with van der Waals surface area (Å²) in [6, 6.07) is 12.5. The fourth-order valence-electron chi connectivity index (χ4n) is 1.44. The zero-order valence-electron chi connectivity index (χ0n) is 10.2. The van der Waals surface area contributed by atoms with E-state index in [9.17, 15) is 10.1 Å². The maximum atomic E-state index is 10.6. The molecular formula is C13H12N2O2S2. The Hall–Kier alpha value is -1.53. The normalized spacial score (nSPS) is 12.1. The van der Waals surface area contributed by atoms with Crippen molar-refractivity contribution in [2.24, 2.45) is 0 Å². The van der Waals surface area contributed by atoms with Crippen LogP contribution in [0.5, 0.6) is 0 Å². The molecule has 4 nitrogen and oxygen atoms in total. The van der Waals surface area contributed by atoms with E-state index in [4.69, 9.17) is 0 Å². The molecule has 0 amide bonds. The lowest BCUT2D eigenvalue weighted by Gasteiger charge is -2.09. The van der Waals surface area contributed by atoms with Crippen LogP contribution in [0.2, 0.25) is 0 Å². The molecule has 6 heteroatoms. The minimum atomic E-state index is -0.385. The van der Waals surface area contributed by atoms with Gasteiger partial charge in [-0.25, -0.2) is 4.98 Å². The van der Waals surface area contributed by atoms with E-state index in [0.717, 1.165) is 10.6 Å². The minimum Gasteiger partial charge on any atom is -0.258 e. The SMILES string of the molecule is CC(SSc1ccccn1)c1ccc([N+](=O)[O-])cc1. The first-order chi connectivity index (χ1) is 9.16. The number of aromatic nitrogens is 1. The van der Waals surface area contributed by atoms with Gasteiger partial charge in [-0.3, -0.25) is 10.1 Å². The van der Waals surface area contributed by atoms with Crippen LogP contribution in [0.25, 0.3) is 0 Å². The highest BCUT2D eigenvalue weighted by atomic mass is 33.1. The van der Waals surface area contributed by atoms with Crippen LogP contribution in [-0.4, -0.2) is 9.91 Å². The number of rotatable bonds is 5. The molecule has 0 spiro atoms. The Bertz CT molecular complexity index is 546. The van der Waals surface area contributed by atoms with Gasteiger partial charge < -0.3 is 0 Å². The maximum absolute atomic E-state index is 10.6. The number of non-ortho nitro benzene ring substituents is 1. The predicted octanol–water partition coefficient (Wildman–Crippen LogP) is 4.49. The molecule has 0 radical (unpaired) electrons. The van der Waals surface area contributed by atoms with E-state index in [1.54, 1.807) is 39.9 Å². The number of nitro benzene ring substituents is 1. The Morgan fingerprint density at radius 1 is 1.21 bits per heavy atom. The van der Waals surface area contributed by atoms with Crippen LogP contribution < -0.4 is 0 Å². The van der Waals surface area contributed by atoms with Crippen LogP contribution in [0, 0.1) is 10.1 Å². The van der Waals surface area contributed by atoms with Crippen molar-refractivity contribution in [3.63, 3.8) is 0 Å². The third-order valence-electron chi connectivity index (χ3n) is 2.49. The Kier molecular flexibility index (Phi) is 4.81. The Morgan fingerprint density at radius 3 is 2.53 bits per heavy atom. The molecule has 0 aliphatic heterocycles. The summed E-state index contributed by atoms with van der Waals surface area (Å²) in [5.41, 5.74) is 1.19. The molecule has 1 atom stereocenters. The van der Waals surface area contributed by atoms with E-state index >= 15 is 0 Å². The standard InChI is InChI=1S/C13H12N2O2S2/c1-10(18-19-13-4-2-3-9-14-13)11-5-7-12(8-6-11)15(16)17/h2-10H,1H3. The van der Waals surface area contributed by atoms with Crippen molar-refractivity contribution in [3.05, 3.63) is 64.3 Å². The third kappa shape index (κ3) is 3.97. The van der Waals surface area contributed by atoms with Gasteiger partial charge in [-0.2, -0.15) is 0 Å². The van der Waals surface area contributed by atoms with E-state index in [1.165, 1.54) is 12.1 Å². The monoisotopic (exact) mass is 292 g/mol. The van der Waals surface area contributed by atoms with Crippen LogP contribution in [0.4, 0.5) is 5.69 Å². The van der Waals surface area contributed by atoms with Gasteiger partial charge in [-0.05, 0) is 35.4 Å². The van der Waals surface area contributed by atoms with Crippen molar-refractivity contribution >= 4 is 27.3 Å². The first-order valence-electron chi connectivity index (χ1n) is 5.65. The minimum absolute atomic E-state index is 0.123.